The molecule has 1 saturated heterocycles. The second kappa shape index (κ2) is 5.08. The van der Waals surface area contributed by atoms with Gasteiger partial charge in [-0.05, 0) is 26.1 Å². The molecule has 1 fully saturated rings. The third kappa shape index (κ3) is 2.18. The summed E-state index contributed by atoms with van der Waals surface area (Å²) in [7, 11) is 2.19. The van der Waals surface area contributed by atoms with E-state index in [1.165, 1.54) is 24.0 Å². The lowest BCUT2D eigenvalue weighted by Gasteiger charge is -2.22. The minimum Gasteiger partial charge on any atom is -0.453 e. The molecule has 0 spiro atoms. The molecule has 3 nitrogen and oxygen atoms in total. The van der Waals surface area contributed by atoms with Gasteiger partial charge >= 0.3 is 0 Å². The lowest BCUT2D eigenvalue weighted by Crippen LogP contribution is -2.28. The first kappa shape index (κ1) is 12.7. The molecule has 0 unspecified atom stereocenters. The van der Waals surface area contributed by atoms with E-state index in [1.807, 2.05) is 12.1 Å². The van der Waals surface area contributed by atoms with Crippen molar-refractivity contribution in [3.8, 4) is 0 Å². The highest BCUT2D eigenvalue weighted by Gasteiger charge is 2.17. The summed E-state index contributed by atoms with van der Waals surface area (Å²) in [5, 5.41) is 2.35. The second-order valence-corrected chi connectivity index (χ2v) is 5.81. The second-order valence-electron chi connectivity index (χ2n) is 5.81. The molecule has 0 N–H and O–H groups in total. The number of furan rings is 1. The molecule has 4 rings (SSSR count). The SMILES string of the molecule is CN1CCCN(c2cccc3c2oc2[c]cccc23)CC1. The van der Waals surface area contributed by atoms with Crippen molar-refractivity contribution in [3.05, 3.63) is 42.5 Å². The molecule has 0 saturated carbocycles. The van der Waals surface area contributed by atoms with Gasteiger partial charge in [0.2, 0.25) is 0 Å². The maximum Gasteiger partial charge on any atom is 0.158 e. The van der Waals surface area contributed by atoms with Gasteiger partial charge in [-0.1, -0.05) is 30.3 Å². The van der Waals surface area contributed by atoms with Gasteiger partial charge in [0.15, 0.2) is 5.58 Å². The van der Waals surface area contributed by atoms with Crippen molar-refractivity contribution in [3.63, 3.8) is 0 Å². The smallest absolute Gasteiger partial charge is 0.158 e. The number of fused-ring (bicyclic) bond motifs is 3. The lowest BCUT2D eigenvalue weighted by atomic mass is 10.1. The minimum atomic E-state index is 0.854. The van der Waals surface area contributed by atoms with Crippen molar-refractivity contribution >= 4 is 27.6 Å². The zero-order valence-corrected chi connectivity index (χ0v) is 12.3. The standard InChI is InChI=1S/C18H19N2O/c1-19-10-5-11-20(13-12-19)16-8-4-7-15-14-6-2-3-9-17(14)21-18(15)16/h2-4,6-8H,5,10-13H2,1H3. The number of nitrogens with zero attached hydrogens (tertiary/aromatic N) is 2. The number of benzene rings is 2. The summed E-state index contributed by atoms with van der Waals surface area (Å²) in [4.78, 5) is 4.85. The average Bonchev–Trinajstić information content (AvgIpc) is 2.76. The third-order valence-corrected chi connectivity index (χ3v) is 4.37. The van der Waals surface area contributed by atoms with Gasteiger partial charge in [0.25, 0.3) is 0 Å². The molecule has 0 aliphatic carbocycles. The molecule has 3 aromatic rings. The number of hydrogen-bond donors (Lipinski definition) is 0. The van der Waals surface area contributed by atoms with E-state index >= 15 is 0 Å². The fourth-order valence-corrected chi connectivity index (χ4v) is 3.20. The van der Waals surface area contributed by atoms with E-state index in [-0.39, 0.29) is 0 Å². The number of rotatable bonds is 1. The Balaban J connectivity index is 1.84. The van der Waals surface area contributed by atoms with Crippen LogP contribution in [-0.4, -0.2) is 38.1 Å². The van der Waals surface area contributed by atoms with Crippen molar-refractivity contribution in [2.24, 2.45) is 0 Å². The first-order chi connectivity index (χ1) is 10.3. The molecule has 1 aliphatic rings. The predicted molar refractivity (Wildman–Crippen MR) is 86.9 cm³/mol. The van der Waals surface area contributed by atoms with Gasteiger partial charge in [-0.2, -0.15) is 0 Å². The van der Waals surface area contributed by atoms with Gasteiger partial charge in [-0.3, -0.25) is 0 Å². The summed E-state index contributed by atoms with van der Waals surface area (Å²) < 4.78 is 6.09. The maximum absolute atomic E-state index is 6.09. The molecule has 3 heteroatoms. The van der Waals surface area contributed by atoms with Crippen molar-refractivity contribution in [2.75, 3.05) is 38.1 Å². The van der Waals surface area contributed by atoms with Crippen LogP contribution < -0.4 is 4.90 Å². The molecule has 2 heterocycles. The average molecular weight is 279 g/mol. The summed E-state index contributed by atoms with van der Waals surface area (Å²) in [6.07, 6.45) is 1.19. The van der Waals surface area contributed by atoms with Gasteiger partial charge in [-0.15, -0.1) is 0 Å². The molecular weight excluding hydrogens is 260 g/mol. The number of hydrogen-bond acceptors (Lipinski definition) is 3. The Labute approximate surface area is 124 Å². The van der Waals surface area contributed by atoms with E-state index in [2.05, 4.69) is 47.2 Å². The Hall–Kier alpha value is -2.00. The molecule has 2 aromatic carbocycles. The van der Waals surface area contributed by atoms with Crippen LogP contribution in [0.15, 0.2) is 40.8 Å². The molecule has 1 aromatic heterocycles. The Morgan fingerprint density at radius 1 is 1.00 bits per heavy atom. The molecule has 1 aliphatic heterocycles. The van der Waals surface area contributed by atoms with E-state index in [0.717, 1.165) is 36.2 Å². The van der Waals surface area contributed by atoms with Crippen LogP contribution in [0.3, 0.4) is 0 Å². The first-order valence-electron chi connectivity index (χ1n) is 7.58. The minimum absolute atomic E-state index is 0.854. The molecule has 21 heavy (non-hydrogen) atoms. The van der Waals surface area contributed by atoms with Crippen LogP contribution in [0.5, 0.6) is 0 Å². The van der Waals surface area contributed by atoms with Crippen LogP contribution in [0.25, 0.3) is 21.9 Å². The molecule has 0 bridgehead atoms. The van der Waals surface area contributed by atoms with E-state index in [4.69, 9.17) is 4.42 Å². The fraction of sp³-hybridized carbons (Fsp3) is 0.333. The Kier molecular flexibility index (Phi) is 3.08. The van der Waals surface area contributed by atoms with Crippen LogP contribution in [0.2, 0.25) is 0 Å². The van der Waals surface area contributed by atoms with Gasteiger partial charge in [0.05, 0.1) is 5.69 Å². The van der Waals surface area contributed by atoms with Crippen LogP contribution in [0, 0.1) is 6.07 Å². The maximum atomic E-state index is 6.09. The zero-order valence-electron chi connectivity index (χ0n) is 12.3. The predicted octanol–water partition coefficient (Wildman–Crippen LogP) is 3.53. The Bertz CT molecular complexity index is 777. The van der Waals surface area contributed by atoms with Gasteiger partial charge in [0.1, 0.15) is 5.58 Å². The Morgan fingerprint density at radius 3 is 2.86 bits per heavy atom. The van der Waals surface area contributed by atoms with Gasteiger partial charge < -0.3 is 14.2 Å². The van der Waals surface area contributed by atoms with E-state index in [1.54, 1.807) is 0 Å². The summed E-state index contributed by atoms with van der Waals surface area (Å²) in [6, 6.07) is 15.7. The monoisotopic (exact) mass is 279 g/mol. The van der Waals surface area contributed by atoms with Crippen LogP contribution in [0.1, 0.15) is 6.42 Å². The van der Waals surface area contributed by atoms with Gasteiger partial charge in [-0.25, -0.2) is 0 Å². The quantitative estimate of drug-likeness (QED) is 0.679. The van der Waals surface area contributed by atoms with Crippen LogP contribution in [-0.2, 0) is 0 Å². The van der Waals surface area contributed by atoms with Crippen LogP contribution in [0.4, 0.5) is 5.69 Å². The molecular formula is C18H19N2O. The fourth-order valence-electron chi connectivity index (χ4n) is 3.20. The van der Waals surface area contributed by atoms with E-state index < -0.39 is 0 Å². The largest absolute Gasteiger partial charge is 0.453 e. The lowest BCUT2D eigenvalue weighted by molar-refractivity contribution is 0.360. The summed E-state index contributed by atoms with van der Waals surface area (Å²) in [5.74, 6) is 0. The highest BCUT2D eigenvalue weighted by Crippen LogP contribution is 2.35. The van der Waals surface area contributed by atoms with Crippen molar-refractivity contribution in [1.29, 1.82) is 0 Å². The Morgan fingerprint density at radius 2 is 1.90 bits per heavy atom. The number of likely N-dealkylation sites (N-methyl/N-ethyl adjacent to an activating group) is 1. The zero-order chi connectivity index (χ0) is 14.2. The summed E-state index contributed by atoms with van der Waals surface area (Å²) in [5.41, 5.74) is 3.07. The molecule has 0 amide bonds. The normalized spacial score (nSPS) is 17.5. The number of para-hydroxylation sites is 2. The summed E-state index contributed by atoms with van der Waals surface area (Å²) in [6.45, 7) is 4.41. The highest BCUT2D eigenvalue weighted by molar-refractivity contribution is 6.08. The molecule has 0 atom stereocenters. The molecule has 1 radical (unpaired) electrons. The van der Waals surface area contributed by atoms with E-state index in [9.17, 15) is 0 Å². The third-order valence-electron chi connectivity index (χ3n) is 4.37. The van der Waals surface area contributed by atoms with Crippen molar-refractivity contribution < 1.29 is 4.42 Å². The topological polar surface area (TPSA) is 19.6 Å². The van der Waals surface area contributed by atoms with Crippen LogP contribution >= 0.6 is 0 Å². The van der Waals surface area contributed by atoms with Crippen molar-refractivity contribution in [1.82, 2.24) is 4.90 Å². The van der Waals surface area contributed by atoms with E-state index in [0.29, 0.717) is 0 Å². The summed E-state index contributed by atoms with van der Waals surface area (Å²) >= 11 is 0. The highest BCUT2D eigenvalue weighted by atomic mass is 16.3. The van der Waals surface area contributed by atoms with Gasteiger partial charge in [0, 0.05) is 36.5 Å². The number of anilines is 1. The van der Waals surface area contributed by atoms with Crippen molar-refractivity contribution in [2.45, 2.75) is 6.42 Å². The molecule has 107 valence electrons. The first-order valence-corrected chi connectivity index (χ1v) is 7.58.